The molecule has 4 nitrogen and oxygen atoms in total. The number of hydrogen-bond donors (Lipinski definition) is 1. The molecular formula is C15H18FN3O. The highest BCUT2D eigenvalue weighted by Gasteiger charge is 2.27. The van der Waals surface area contributed by atoms with Crippen LogP contribution in [0.1, 0.15) is 37.3 Å². The number of halogens is 1. The molecule has 1 fully saturated rings. The largest absolute Gasteiger partial charge is 0.393 e. The lowest BCUT2D eigenvalue weighted by Gasteiger charge is -2.14. The van der Waals surface area contributed by atoms with Gasteiger partial charge in [0.05, 0.1) is 5.69 Å². The topological polar surface area (TPSA) is 52.9 Å². The second-order valence-electron chi connectivity index (χ2n) is 5.37. The van der Waals surface area contributed by atoms with Crippen LogP contribution < -0.4 is 11.3 Å². The SMILES string of the molecule is Cn1c(C2CCCC2)c(N)c(=O)n1-c1ccccc1F. The highest BCUT2D eigenvalue weighted by molar-refractivity contribution is 5.47. The molecule has 0 atom stereocenters. The summed E-state index contributed by atoms with van der Waals surface area (Å²) in [5.41, 5.74) is 7.00. The molecule has 0 amide bonds. The molecule has 0 saturated heterocycles. The summed E-state index contributed by atoms with van der Waals surface area (Å²) in [7, 11) is 1.78. The summed E-state index contributed by atoms with van der Waals surface area (Å²) < 4.78 is 17.0. The van der Waals surface area contributed by atoms with Crippen LogP contribution in [0.2, 0.25) is 0 Å². The fourth-order valence-corrected chi connectivity index (χ4v) is 3.22. The molecule has 1 aromatic heterocycles. The zero-order valence-electron chi connectivity index (χ0n) is 11.5. The van der Waals surface area contributed by atoms with Gasteiger partial charge < -0.3 is 5.73 Å². The third-order valence-corrected chi connectivity index (χ3v) is 4.17. The fourth-order valence-electron chi connectivity index (χ4n) is 3.22. The Kier molecular flexibility index (Phi) is 3.12. The number of rotatable bonds is 2. The highest BCUT2D eigenvalue weighted by atomic mass is 19.1. The van der Waals surface area contributed by atoms with E-state index in [2.05, 4.69) is 0 Å². The average Bonchev–Trinajstić information content (AvgIpc) is 3.01. The van der Waals surface area contributed by atoms with Crippen LogP contribution in [0.4, 0.5) is 10.1 Å². The first-order valence-corrected chi connectivity index (χ1v) is 6.93. The molecule has 5 heteroatoms. The minimum Gasteiger partial charge on any atom is -0.393 e. The van der Waals surface area contributed by atoms with Gasteiger partial charge in [-0.05, 0) is 25.0 Å². The molecule has 3 rings (SSSR count). The summed E-state index contributed by atoms with van der Waals surface area (Å²) in [6.07, 6.45) is 4.39. The van der Waals surface area contributed by atoms with E-state index in [-0.39, 0.29) is 16.9 Å². The van der Waals surface area contributed by atoms with Crippen molar-refractivity contribution in [2.75, 3.05) is 5.73 Å². The van der Waals surface area contributed by atoms with Gasteiger partial charge in [0.2, 0.25) is 0 Å². The van der Waals surface area contributed by atoms with Crippen molar-refractivity contribution in [2.45, 2.75) is 31.6 Å². The Bertz CT molecular complexity index is 696. The van der Waals surface area contributed by atoms with Crippen molar-refractivity contribution in [1.29, 1.82) is 0 Å². The quantitative estimate of drug-likeness (QED) is 0.915. The van der Waals surface area contributed by atoms with Crippen LogP contribution in [-0.4, -0.2) is 9.36 Å². The van der Waals surface area contributed by atoms with E-state index < -0.39 is 5.82 Å². The summed E-state index contributed by atoms with van der Waals surface area (Å²) >= 11 is 0. The van der Waals surface area contributed by atoms with Crippen molar-refractivity contribution in [3.05, 3.63) is 46.1 Å². The van der Waals surface area contributed by atoms with E-state index in [0.717, 1.165) is 31.4 Å². The second kappa shape index (κ2) is 4.81. The molecule has 2 N–H and O–H groups in total. The first-order valence-electron chi connectivity index (χ1n) is 6.93. The number of nitrogens with two attached hydrogens (primary N) is 1. The van der Waals surface area contributed by atoms with E-state index in [4.69, 9.17) is 5.73 Å². The maximum absolute atomic E-state index is 13.9. The van der Waals surface area contributed by atoms with E-state index in [1.165, 1.54) is 10.7 Å². The van der Waals surface area contributed by atoms with Crippen LogP contribution in [-0.2, 0) is 7.05 Å². The molecule has 0 spiro atoms. The molecule has 2 aromatic rings. The molecule has 1 aliphatic rings. The lowest BCUT2D eigenvalue weighted by Crippen LogP contribution is -2.21. The van der Waals surface area contributed by atoms with Crippen LogP contribution in [0.5, 0.6) is 0 Å². The third-order valence-electron chi connectivity index (χ3n) is 4.17. The second-order valence-corrected chi connectivity index (χ2v) is 5.37. The minimum atomic E-state index is -0.423. The maximum Gasteiger partial charge on any atom is 0.294 e. The monoisotopic (exact) mass is 275 g/mol. The van der Waals surface area contributed by atoms with Crippen LogP contribution in [0.3, 0.4) is 0 Å². The Balaban J connectivity index is 2.21. The van der Waals surface area contributed by atoms with Gasteiger partial charge in [0.1, 0.15) is 17.2 Å². The van der Waals surface area contributed by atoms with Crippen molar-refractivity contribution in [2.24, 2.45) is 7.05 Å². The van der Waals surface area contributed by atoms with Gasteiger partial charge in [0.25, 0.3) is 5.56 Å². The highest BCUT2D eigenvalue weighted by Crippen LogP contribution is 2.36. The van der Waals surface area contributed by atoms with Gasteiger partial charge >= 0.3 is 0 Å². The van der Waals surface area contributed by atoms with Gasteiger partial charge in [-0.3, -0.25) is 9.48 Å². The van der Waals surface area contributed by atoms with E-state index in [0.29, 0.717) is 5.92 Å². The van der Waals surface area contributed by atoms with E-state index in [1.807, 2.05) is 0 Å². The van der Waals surface area contributed by atoms with Gasteiger partial charge in [0, 0.05) is 13.0 Å². The molecule has 1 aliphatic carbocycles. The summed E-state index contributed by atoms with van der Waals surface area (Å²) in [5.74, 6) is -0.117. The molecule has 1 heterocycles. The summed E-state index contributed by atoms with van der Waals surface area (Å²) in [5, 5.41) is 0. The number of nitrogen functional groups attached to an aromatic ring is 1. The van der Waals surface area contributed by atoms with Crippen LogP contribution in [0, 0.1) is 5.82 Å². The van der Waals surface area contributed by atoms with Gasteiger partial charge in [-0.1, -0.05) is 25.0 Å². The van der Waals surface area contributed by atoms with Crippen molar-refractivity contribution in [1.82, 2.24) is 9.36 Å². The zero-order valence-corrected chi connectivity index (χ0v) is 11.5. The molecular weight excluding hydrogens is 257 g/mol. The Morgan fingerprint density at radius 1 is 1.25 bits per heavy atom. The minimum absolute atomic E-state index is 0.246. The predicted octanol–water partition coefficient (Wildman–Crippen LogP) is 2.55. The summed E-state index contributed by atoms with van der Waals surface area (Å²) in [6.45, 7) is 0. The lowest BCUT2D eigenvalue weighted by molar-refractivity contribution is 0.542. The van der Waals surface area contributed by atoms with E-state index in [9.17, 15) is 9.18 Å². The Hall–Kier alpha value is -2.04. The number of benzene rings is 1. The molecule has 0 bridgehead atoms. The number of nitrogens with zero attached hydrogens (tertiary/aromatic N) is 2. The molecule has 1 saturated carbocycles. The summed E-state index contributed by atoms with van der Waals surface area (Å²) in [4.78, 5) is 12.4. The van der Waals surface area contributed by atoms with Gasteiger partial charge in [-0.15, -0.1) is 0 Å². The Morgan fingerprint density at radius 2 is 1.90 bits per heavy atom. The first-order chi connectivity index (χ1) is 9.61. The Morgan fingerprint density at radius 3 is 2.55 bits per heavy atom. The molecule has 1 aromatic carbocycles. The molecule has 0 unspecified atom stereocenters. The van der Waals surface area contributed by atoms with E-state index >= 15 is 0 Å². The van der Waals surface area contributed by atoms with Gasteiger partial charge in [0.15, 0.2) is 0 Å². The number of para-hydroxylation sites is 1. The first kappa shape index (κ1) is 13.0. The Labute approximate surface area is 116 Å². The number of hydrogen-bond acceptors (Lipinski definition) is 2. The van der Waals surface area contributed by atoms with Crippen LogP contribution in [0.15, 0.2) is 29.1 Å². The molecule has 106 valence electrons. The zero-order chi connectivity index (χ0) is 14.3. The standard InChI is InChI=1S/C15H18FN3O/c1-18-14(10-6-2-3-7-10)13(17)15(20)19(18)12-9-5-4-8-11(12)16/h4-5,8-10H,2-3,6-7,17H2,1H3. The number of anilines is 1. The normalized spacial score (nSPS) is 15.9. The van der Waals surface area contributed by atoms with Crippen molar-refractivity contribution >= 4 is 5.69 Å². The molecule has 0 radical (unpaired) electrons. The smallest absolute Gasteiger partial charge is 0.294 e. The molecule has 20 heavy (non-hydrogen) atoms. The van der Waals surface area contributed by atoms with Crippen LogP contribution in [0.25, 0.3) is 5.69 Å². The van der Waals surface area contributed by atoms with Crippen molar-refractivity contribution < 1.29 is 4.39 Å². The van der Waals surface area contributed by atoms with Crippen molar-refractivity contribution in [3.8, 4) is 5.69 Å². The lowest BCUT2D eigenvalue weighted by atomic mass is 10.0. The third kappa shape index (κ3) is 1.85. The predicted molar refractivity (Wildman–Crippen MR) is 76.6 cm³/mol. The average molecular weight is 275 g/mol. The van der Waals surface area contributed by atoms with Gasteiger partial charge in [-0.25, -0.2) is 9.07 Å². The van der Waals surface area contributed by atoms with Gasteiger partial charge in [-0.2, -0.15) is 0 Å². The van der Waals surface area contributed by atoms with Crippen molar-refractivity contribution in [3.63, 3.8) is 0 Å². The molecule has 0 aliphatic heterocycles. The van der Waals surface area contributed by atoms with Crippen LogP contribution >= 0.6 is 0 Å². The fraction of sp³-hybridized carbons (Fsp3) is 0.400. The maximum atomic E-state index is 13.9. The summed E-state index contributed by atoms with van der Waals surface area (Å²) in [6, 6.07) is 6.26. The van der Waals surface area contributed by atoms with E-state index in [1.54, 1.807) is 29.9 Å². The number of aromatic nitrogens is 2.